The minimum atomic E-state index is -1.14. The quantitative estimate of drug-likeness (QED) is 0.854. The Kier molecular flexibility index (Phi) is 5.95. The molecule has 2 fully saturated rings. The molecule has 0 spiro atoms. The summed E-state index contributed by atoms with van der Waals surface area (Å²) in [5.74, 6) is -0.825. The number of fused-ring (bicyclic) bond motifs is 2. The van der Waals surface area contributed by atoms with Crippen molar-refractivity contribution in [3.05, 3.63) is 35.9 Å². The van der Waals surface area contributed by atoms with Crippen LogP contribution in [0.4, 0.5) is 0 Å². The Morgan fingerprint density at radius 1 is 1.25 bits per heavy atom. The Hall–Kier alpha value is -1.10. The highest BCUT2D eigenvalue weighted by atomic mass is 35.5. The second-order valence-electron chi connectivity index (χ2n) is 7.61. The van der Waals surface area contributed by atoms with Crippen molar-refractivity contribution in [1.82, 2.24) is 4.90 Å². The summed E-state index contributed by atoms with van der Waals surface area (Å²) >= 11 is 0. The fourth-order valence-electron chi connectivity index (χ4n) is 4.56. The number of hydrogen-bond donors (Lipinski definition) is 2. The normalized spacial score (nSPS) is 30.2. The number of piperidine rings is 1. The number of aliphatic carboxylic acids is 1. The highest BCUT2D eigenvalue weighted by Gasteiger charge is 2.49. The fraction of sp³-hybridized carbons (Fsp3) is 0.632. The summed E-state index contributed by atoms with van der Waals surface area (Å²) in [6.45, 7) is 1.70. The maximum atomic E-state index is 12.0. The molecular weight excluding hydrogens is 326 g/mol. The lowest BCUT2D eigenvalue weighted by atomic mass is 9.70. The highest BCUT2D eigenvalue weighted by molar-refractivity contribution is 5.85. The van der Waals surface area contributed by atoms with Gasteiger partial charge in [0.15, 0.2) is 0 Å². The van der Waals surface area contributed by atoms with Gasteiger partial charge in [0.05, 0.1) is 11.5 Å². The van der Waals surface area contributed by atoms with Crippen LogP contribution in [0.3, 0.4) is 0 Å². The average molecular weight is 354 g/mol. The smallest absolute Gasteiger partial charge is 0.312 e. The van der Waals surface area contributed by atoms with Gasteiger partial charge in [0.2, 0.25) is 0 Å². The first kappa shape index (κ1) is 19.2. The average Bonchev–Trinajstić information content (AvgIpc) is 2.76. The molecule has 0 radical (unpaired) electrons. The number of carbonyl (C=O) groups is 1. The maximum Gasteiger partial charge on any atom is 0.312 e. The van der Waals surface area contributed by atoms with Crippen molar-refractivity contribution in [3.8, 4) is 0 Å². The van der Waals surface area contributed by atoms with Crippen LogP contribution in [0.2, 0.25) is 0 Å². The lowest BCUT2D eigenvalue weighted by Crippen LogP contribution is -2.51. The summed E-state index contributed by atoms with van der Waals surface area (Å²) in [4.78, 5) is 14.4. The van der Waals surface area contributed by atoms with Crippen LogP contribution in [0.1, 0.15) is 38.2 Å². The Bertz CT molecular complexity index is 553. The molecule has 4 unspecified atom stereocenters. The van der Waals surface area contributed by atoms with Crippen molar-refractivity contribution in [3.63, 3.8) is 0 Å². The number of carboxylic acids is 1. The monoisotopic (exact) mass is 353 g/mol. The minimum Gasteiger partial charge on any atom is -0.481 e. The second kappa shape index (κ2) is 7.42. The first-order valence-electron chi connectivity index (χ1n) is 8.59. The topological polar surface area (TPSA) is 60.8 Å². The van der Waals surface area contributed by atoms with Crippen molar-refractivity contribution in [2.75, 3.05) is 7.05 Å². The Balaban J connectivity index is 0.00000208. The summed E-state index contributed by atoms with van der Waals surface area (Å²) in [5, 5.41) is 20.8. The molecule has 134 valence electrons. The van der Waals surface area contributed by atoms with Crippen LogP contribution in [-0.4, -0.2) is 46.3 Å². The first-order chi connectivity index (χ1) is 10.9. The summed E-state index contributed by atoms with van der Waals surface area (Å²) < 4.78 is 0. The number of benzene rings is 1. The van der Waals surface area contributed by atoms with E-state index in [0.717, 1.165) is 18.4 Å². The van der Waals surface area contributed by atoms with E-state index in [4.69, 9.17) is 0 Å². The summed E-state index contributed by atoms with van der Waals surface area (Å²) in [7, 11) is 2.16. The predicted molar refractivity (Wildman–Crippen MR) is 96.4 cm³/mol. The molecule has 1 aromatic rings. The molecule has 0 aromatic heterocycles. The Morgan fingerprint density at radius 2 is 1.79 bits per heavy atom. The molecule has 2 aliphatic heterocycles. The van der Waals surface area contributed by atoms with Crippen molar-refractivity contribution >= 4 is 18.4 Å². The number of aliphatic hydroxyl groups excluding tert-OH is 1. The lowest BCUT2D eigenvalue weighted by molar-refractivity contribution is -0.159. The van der Waals surface area contributed by atoms with Gasteiger partial charge in [-0.3, -0.25) is 4.79 Å². The van der Waals surface area contributed by atoms with Gasteiger partial charge in [-0.1, -0.05) is 30.3 Å². The number of rotatable bonds is 5. The third-order valence-electron chi connectivity index (χ3n) is 6.14. The van der Waals surface area contributed by atoms with Gasteiger partial charge in [0.1, 0.15) is 0 Å². The first-order valence-corrected chi connectivity index (χ1v) is 8.59. The van der Waals surface area contributed by atoms with E-state index in [0.29, 0.717) is 18.5 Å². The number of carboxylic acid groups (broad SMARTS) is 1. The van der Waals surface area contributed by atoms with Crippen molar-refractivity contribution < 1.29 is 15.0 Å². The SMILES string of the molecule is CN1C2CCC1CC(C(O)C(C)(Cc1ccccc1)C(=O)O)C2.Cl. The van der Waals surface area contributed by atoms with E-state index in [9.17, 15) is 15.0 Å². The van der Waals surface area contributed by atoms with E-state index in [1.54, 1.807) is 6.92 Å². The summed E-state index contributed by atoms with van der Waals surface area (Å²) in [5.41, 5.74) is -0.172. The maximum absolute atomic E-state index is 12.0. The fourth-order valence-corrected chi connectivity index (χ4v) is 4.56. The molecule has 4 nitrogen and oxygen atoms in total. The van der Waals surface area contributed by atoms with Crippen LogP contribution in [-0.2, 0) is 11.2 Å². The van der Waals surface area contributed by atoms with E-state index >= 15 is 0 Å². The largest absolute Gasteiger partial charge is 0.481 e. The van der Waals surface area contributed by atoms with Crippen LogP contribution < -0.4 is 0 Å². The van der Waals surface area contributed by atoms with Gasteiger partial charge in [-0.25, -0.2) is 0 Å². The molecule has 2 heterocycles. The zero-order chi connectivity index (χ0) is 16.6. The van der Waals surface area contributed by atoms with Gasteiger partial charge in [0, 0.05) is 12.1 Å². The molecule has 0 saturated carbocycles. The van der Waals surface area contributed by atoms with Crippen molar-refractivity contribution in [2.45, 2.75) is 57.2 Å². The molecule has 0 amide bonds. The van der Waals surface area contributed by atoms with Crippen LogP contribution in [0, 0.1) is 11.3 Å². The molecule has 5 heteroatoms. The van der Waals surface area contributed by atoms with E-state index in [1.165, 1.54) is 12.8 Å². The van der Waals surface area contributed by atoms with Gasteiger partial charge in [-0.15, -0.1) is 12.4 Å². The zero-order valence-electron chi connectivity index (χ0n) is 14.4. The minimum absolute atomic E-state index is 0. The number of aliphatic hydroxyl groups is 1. The molecular formula is C19H28ClNO3. The molecule has 2 bridgehead atoms. The van der Waals surface area contributed by atoms with Crippen molar-refractivity contribution in [1.29, 1.82) is 0 Å². The molecule has 2 aliphatic rings. The van der Waals surface area contributed by atoms with Crippen LogP contribution in [0.5, 0.6) is 0 Å². The Morgan fingerprint density at radius 3 is 2.29 bits per heavy atom. The molecule has 24 heavy (non-hydrogen) atoms. The van der Waals surface area contributed by atoms with E-state index in [-0.39, 0.29) is 18.3 Å². The number of halogens is 1. The number of nitrogens with zero attached hydrogens (tertiary/aromatic N) is 1. The van der Waals surface area contributed by atoms with E-state index < -0.39 is 17.5 Å². The van der Waals surface area contributed by atoms with E-state index in [2.05, 4.69) is 11.9 Å². The molecule has 0 aliphatic carbocycles. The molecule has 2 N–H and O–H groups in total. The van der Waals surface area contributed by atoms with E-state index in [1.807, 2.05) is 30.3 Å². The highest BCUT2D eigenvalue weighted by Crippen LogP contribution is 2.43. The Labute approximate surface area is 150 Å². The lowest BCUT2D eigenvalue weighted by Gasteiger charge is -2.42. The van der Waals surface area contributed by atoms with Gasteiger partial charge in [-0.05, 0) is 57.6 Å². The number of hydrogen-bond acceptors (Lipinski definition) is 3. The van der Waals surface area contributed by atoms with Crippen LogP contribution in [0.25, 0.3) is 0 Å². The third kappa shape index (κ3) is 3.46. The van der Waals surface area contributed by atoms with Gasteiger partial charge in [0.25, 0.3) is 0 Å². The second-order valence-corrected chi connectivity index (χ2v) is 7.61. The predicted octanol–water partition coefficient (Wildman–Crippen LogP) is 2.98. The third-order valence-corrected chi connectivity index (χ3v) is 6.14. The van der Waals surface area contributed by atoms with Gasteiger partial charge < -0.3 is 15.1 Å². The van der Waals surface area contributed by atoms with Crippen LogP contribution in [0.15, 0.2) is 30.3 Å². The van der Waals surface area contributed by atoms with Crippen molar-refractivity contribution in [2.24, 2.45) is 11.3 Å². The molecule has 1 aromatic carbocycles. The summed E-state index contributed by atoms with van der Waals surface area (Å²) in [6.07, 6.45) is 3.72. The standard InChI is InChI=1S/C19H27NO3.ClH/c1-19(18(22)23,12-13-6-4-3-5-7-13)17(21)14-10-15-8-9-16(11-14)20(15)2;/h3-7,14-17,21H,8-12H2,1-2H3,(H,22,23);1H. The van der Waals surface area contributed by atoms with Crippen LogP contribution >= 0.6 is 12.4 Å². The molecule has 3 rings (SSSR count). The van der Waals surface area contributed by atoms with Gasteiger partial charge in [-0.2, -0.15) is 0 Å². The molecule has 2 saturated heterocycles. The van der Waals surface area contributed by atoms with Gasteiger partial charge >= 0.3 is 5.97 Å². The zero-order valence-corrected chi connectivity index (χ0v) is 15.2. The molecule has 4 atom stereocenters. The summed E-state index contributed by atoms with van der Waals surface area (Å²) in [6, 6.07) is 10.6.